The van der Waals surface area contributed by atoms with Crippen LogP contribution in [-0.2, 0) is 14.8 Å². The van der Waals surface area contributed by atoms with Crippen molar-refractivity contribution in [3.05, 3.63) is 54.1 Å². The summed E-state index contributed by atoms with van der Waals surface area (Å²) in [6.07, 6.45) is 0.0378. The fraction of sp³-hybridized carbons (Fsp3) is 0.400. The number of halogens is 3. The van der Waals surface area contributed by atoms with Crippen LogP contribution < -0.4 is 10.6 Å². The van der Waals surface area contributed by atoms with Crippen LogP contribution in [0.4, 0.5) is 19.0 Å². The zero-order valence-electron chi connectivity index (χ0n) is 17.6. The van der Waals surface area contributed by atoms with E-state index in [0.29, 0.717) is 22.7 Å². The van der Waals surface area contributed by atoms with Crippen LogP contribution in [0.1, 0.15) is 19.4 Å². The summed E-state index contributed by atoms with van der Waals surface area (Å²) in [5.41, 5.74) is 1.57. The lowest BCUT2D eigenvalue weighted by Gasteiger charge is -2.44. The molecule has 1 saturated heterocycles. The molecule has 0 aromatic carbocycles. The fourth-order valence-electron chi connectivity index (χ4n) is 3.56. The van der Waals surface area contributed by atoms with Gasteiger partial charge >= 0.3 is 6.18 Å². The Bertz CT molecular complexity index is 1080. The van der Waals surface area contributed by atoms with E-state index in [-0.39, 0.29) is 30.6 Å². The van der Waals surface area contributed by atoms with E-state index < -0.39 is 28.8 Å². The second-order valence-electron chi connectivity index (χ2n) is 7.40. The Morgan fingerprint density at radius 2 is 2.06 bits per heavy atom. The minimum Gasteiger partial charge on any atom is -0.344 e. The Hall–Kier alpha value is -2.86. The van der Waals surface area contributed by atoms with Crippen molar-refractivity contribution in [3.8, 4) is 0 Å². The number of alkyl halides is 3. The van der Waals surface area contributed by atoms with Crippen molar-refractivity contribution in [2.75, 3.05) is 30.7 Å². The molecule has 1 aromatic rings. The number of carbonyl (C=O) groups is 1. The summed E-state index contributed by atoms with van der Waals surface area (Å²) in [6, 6.07) is 1.25. The monoisotopic (exact) mass is 471 g/mol. The van der Waals surface area contributed by atoms with Gasteiger partial charge in [0.2, 0.25) is 15.9 Å². The molecule has 0 saturated carbocycles. The third-order valence-electron chi connectivity index (χ3n) is 5.10. The summed E-state index contributed by atoms with van der Waals surface area (Å²) in [5, 5.41) is 5.43. The van der Waals surface area contributed by atoms with Crippen LogP contribution in [-0.4, -0.2) is 66.1 Å². The molecule has 1 aromatic heterocycles. The first kappa shape index (κ1) is 23.8. The number of carbonyl (C=O) groups excluding carboxylic acids is 1. The lowest BCUT2D eigenvalue weighted by atomic mass is 10.0. The second kappa shape index (κ2) is 8.94. The highest BCUT2D eigenvalue weighted by molar-refractivity contribution is 7.89. The fourth-order valence-corrected chi connectivity index (χ4v) is 4.65. The summed E-state index contributed by atoms with van der Waals surface area (Å²) in [5.74, 6) is -0.0914. The predicted molar refractivity (Wildman–Crippen MR) is 114 cm³/mol. The molecule has 1 fully saturated rings. The van der Waals surface area contributed by atoms with Crippen molar-refractivity contribution in [1.29, 1.82) is 0 Å². The molecule has 1 amide bonds. The zero-order valence-corrected chi connectivity index (χ0v) is 18.4. The van der Waals surface area contributed by atoms with Crippen LogP contribution in [0.25, 0.3) is 5.57 Å². The van der Waals surface area contributed by atoms with Crippen LogP contribution in [0, 0.1) is 0 Å². The first-order valence-corrected chi connectivity index (χ1v) is 11.5. The average Bonchev–Trinajstić information content (AvgIpc) is 2.72. The molecular formula is C20H24F3N5O3S. The Morgan fingerprint density at radius 3 is 2.69 bits per heavy atom. The molecule has 3 heterocycles. The maximum atomic E-state index is 13.9. The van der Waals surface area contributed by atoms with Crippen LogP contribution in [0.2, 0.25) is 0 Å². The van der Waals surface area contributed by atoms with Gasteiger partial charge in [-0.2, -0.15) is 17.5 Å². The molecule has 0 bridgehead atoms. The van der Waals surface area contributed by atoms with Gasteiger partial charge in [-0.1, -0.05) is 6.58 Å². The molecule has 174 valence electrons. The molecule has 0 aliphatic carbocycles. The van der Waals surface area contributed by atoms with E-state index in [1.54, 1.807) is 24.3 Å². The van der Waals surface area contributed by atoms with Gasteiger partial charge in [0.1, 0.15) is 17.7 Å². The van der Waals surface area contributed by atoms with E-state index >= 15 is 0 Å². The third kappa shape index (κ3) is 5.30. The van der Waals surface area contributed by atoms with Crippen LogP contribution in [0.15, 0.2) is 48.6 Å². The molecule has 12 heteroatoms. The summed E-state index contributed by atoms with van der Waals surface area (Å²) in [7, 11) is -3.75. The van der Waals surface area contributed by atoms with Crippen LogP contribution in [0.3, 0.4) is 0 Å². The number of amides is 1. The van der Waals surface area contributed by atoms with Gasteiger partial charge in [0.05, 0.1) is 5.75 Å². The van der Waals surface area contributed by atoms with E-state index in [1.807, 2.05) is 0 Å². The van der Waals surface area contributed by atoms with Crippen molar-refractivity contribution in [1.82, 2.24) is 19.5 Å². The van der Waals surface area contributed by atoms with E-state index in [4.69, 9.17) is 0 Å². The second-order valence-corrected chi connectivity index (χ2v) is 9.66. The number of anilines is 1. The predicted octanol–water partition coefficient (Wildman–Crippen LogP) is 2.28. The molecular weight excluding hydrogens is 447 g/mol. The number of pyridine rings is 1. The number of piperazine rings is 1. The normalized spacial score (nSPS) is 20.3. The molecule has 8 nitrogen and oxygen atoms in total. The van der Waals surface area contributed by atoms with E-state index in [1.165, 1.54) is 20.0 Å². The molecule has 32 heavy (non-hydrogen) atoms. The maximum absolute atomic E-state index is 13.9. The third-order valence-corrected chi connectivity index (χ3v) is 6.94. The summed E-state index contributed by atoms with van der Waals surface area (Å²) in [4.78, 5) is 16.5. The highest BCUT2D eigenvalue weighted by Gasteiger charge is 2.49. The van der Waals surface area contributed by atoms with Gasteiger partial charge in [0.15, 0.2) is 0 Å². The van der Waals surface area contributed by atoms with Gasteiger partial charge in [-0.15, -0.1) is 0 Å². The summed E-state index contributed by atoms with van der Waals surface area (Å²) < 4.78 is 66.9. The molecule has 2 aliphatic rings. The largest absolute Gasteiger partial charge is 0.410 e. The van der Waals surface area contributed by atoms with Crippen LogP contribution in [0.5, 0.6) is 0 Å². The lowest BCUT2D eigenvalue weighted by molar-refractivity contribution is -0.187. The van der Waals surface area contributed by atoms with Crippen molar-refractivity contribution in [2.45, 2.75) is 26.1 Å². The minimum atomic E-state index is -4.65. The molecule has 0 spiro atoms. The van der Waals surface area contributed by atoms with Gasteiger partial charge in [0.25, 0.3) is 0 Å². The highest BCUT2D eigenvalue weighted by atomic mass is 32.2. The highest BCUT2D eigenvalue weighted by Crippen LogP contribution is 2.33. The van der Waals surface area contributed by atoms with E-state index in [0.717, 1.165) is 9.21 Å². The number of dihydropyridines is 1. The van der Waals surface area contributed by atoms with Gasteiger partial charge in [-0.25, -0.2) is 13.4 Å². The zero-order chi connectivity index (χ0) is 23.7. The standard InChI is InChI=1S/C20H24F3N5O3S/c1-4-32(30,31)27-7-8-28(17(12-27)20(21,22)23)19-11-16(9-13(2)25-19)15-5-6-24-18(10-15)26-14(3)29/h5-6,9-11,17,25H,2,4,7-8,12H2,1,3H3,(H,24,26,29). The van der Waals surface area contributed by atoms with Crippen molar-refractivity contribution in [3.63, 3.8) is 0 Å². The topological polar surface area (TPSA) is 94.6 Å². The first-order chi connectivity index (χ1) is 14.9. The van der Waals surface area contributed by atoms with E-state index in [2.05, 4.69) is 22.2 Å². The smallest absolute Gasteiger partial charge is 0.344 e. The minimum absolute atomic E-state index is 0.0603. The molecule has 1 unspecified atom stereocenters. The number of nitrogens with one attached hydrogen (secondary N) is 2. The number of hydrogen-bond acceptors (Lipinski definition) is 6. The average molecular weight is 472 g/mol. The van der Waals surface area contributed by atoms with Crippen molar-refractivity contribution in [2.24, 2.45) is 0 Å². The van der Waals surface area contributed by atoms with E-state index in [9.17, 15) is 26.4 Å². The lowest BCUT2D eigenvalue weighted by Crippen LogP contribution is -2.60. The first-order valence-electron chi connectivity index (χ1n) is 9.85. The number of hydrogen-bond donors (Lipinski definition) is 2. The van der Waals surface area contributed by atoms with Crippen LogP contribution >= 0.6 is 0 Å². The van der Waals surface area contributed by atoms with Gasteiger partial charge in [-0.05, 0) is 42.3 Å². The summed E-state index contributed by atoms with van der Waals surface area (Å²) in [6.45, 7) is 5.69. The molecule has 1 atom stereocenters. The maximum Gasteiger partial charge on any atom is 0.410 e. The van der Waals surface area contributed by atoms with Crippen molar-refractivity contribution >= 4 is 27.3 Å². The SMILES string of the molecule is C=C1C=C(c2ccnc(NC(C)=O)c2)C=C(N2CCN(S(=O)(=O)CC)CC2C(F)(F)F)N1. The number of allylic oxidation sites excluding steroid dienone is 3. The number of sulfonamides is 1. The quantitative estimate of drug-likeness (QED) is 0.684. The van der Waals surface area contributed by atoms with Crippen molar-refractivity contribution < 1.29 is 26.4 Å². The van der Waals surface area contributed by atoms with Gasteiger partial charge in [0, 0.05) is 38.5 Å². The van der Waals surface area contributed by atoms with Gasteiger partial charge in [-0.3, -0.25) is 4.79 Å². The number of aromatic nitrogens is 1. The van der Waals surface area contributed by atoms with Gasteiger partial charge < -0.3 is 15.5 Å². The number of rotatable bonds is 5. The summed E-state index contributed by atoms with van der Waals surface area (Å²) >= 11 is 0. The Morgan fingerprint density at radius 1 is 1.34 bits per heavy atom. The molecule has 0 radical (unpaired) electrons. The Kier molecular flexibility index (Phi) is 6.65. The number of nitrogens with zero attached hydrogens (tertiary/aromatic N) is 3. The molecule has 3 rings (SSSR count). The Balaban J connectivity index is 1.94. The molecule has 2 N–H and O–H groups in total. The molecule has 2 aliphatic heterocycles. The Labute approximate surface area is 184 Å².